The lowest BCUT2D eigenvalue weighted by molar-refractivity contribution is -0.154. The summed E-state index contributed by atoms with van der Waals surface area (Å²) in [7, 11) is -4.64. The van der Waals surface area contributed by atoms with Crippen LogP contribution in [-0.2, 0) is 32.7 Å². The number of carbonyl (C=O) groups is 2. The first kappa shape index (κ1) is 51.9. The van der Waals surface area contributed by atoms with Crippen molar-refractivity contribution in [2.45, 2.75) is 142 Å². The molecule has 0 aromatic rings. The molecule has 0 fully saturated rings. The van der Waals surface area contributed by atoms with Gasteiger partial charge < -0.3 is 25.2 Å². The van der Waals surface area contributed by atoms with Gasteiger partial charge in [-0.1, -0.05) is 137 Å². The number of carbonyl (C=O) groups excluding carboxylic acids is 1. The molecule has 10 nitrogen and oxygen atoms in total. The maximum Gasteiger partial charge on any atom is 0.472 e. The molecule has 3 atom stereocenters. The van der Waals surface area contributed by atoms with Gasteiger partial charge in [0.15, 0.2) is 0 Å². The van der Waals surface area contributed by atoms with Gasteiger partial charge in [-0.3, -0.25) is 18.6 Å². The monoisotopic (exact) mass is 789 g/mol. The zero-order valence-corrected chi connectivity index (χ0v) is 34.6. The Kier molecular flexibility index (Phi) is 36.9. The highest BCUT2D eigenvalue weighted by atomic mass is 31.2. The molecule has 0 aliphatic rings. The summed E-state index contributed by atoms with van der Waals surface area (Å²) >= 11 is 0. The number of nitrogens with two attached hydrogens (primary N) is 1. The number of esters is 1. The van der Waals surface area contributed by atoms with Crippen LogP contribution in [0.5, 0.6) is 0 Å². The largest absolute Gasteiger partial charge is 0.480 e. The number of phosphoric acid groups is 1. The molecular weight excluding hydrogens is 717 g/mol. The number of allylic oxidation sites excluding steroid dienone is 16. The van der Waals surface area contributed by atoms with Crippen LogP contribution in [0.15, 0.2) is 97.2 Å². The first-order valence-electron chi connectivity index (χ1n) is 20.3. The second-order valence-electron chi connectivity index (χ2n) is 13.0. The van der Waals surface area contributed by atoms with E-state index in [1.807, 2.05) is 0 Å². The summed E-state index contributed by atoms with van der Waals surface area (Å²) in [4.78, 5) is 33.4. The number of unbranched alkanes of at least 4 members (excludes halogenated alkanes) is 7. The minimum absolute atomic E-state index is 0.0357. The van der Waals surface area contributed by atoms with Gasteiger partial charge in [-0.25, -0.2) is 4.57 Å². The molecule has 0 saturated carbocycles. The fraction of sp³-hybridized carbons (Fsp3) is 0.591. The fourth-order valence-electron chi connectivity index (χ4n) is 4.71. The predicted molar refractivity (Wildman–Crippen MR) is 226 cm³/mol. The van der Waals surface area contributed by atoms with E-state index in [-0.39, 0.29) is 13.0 Å². The Morgan fingerprint density at radius 1 is 0.600 bits per heavy atom. The Hall–Kier alpha value is -3.11. The van der Waals surface area contributed by atoms with Crippen molar-refractivity contribution in [3.05, 3.63) is 97.2 Å². The molecule has 0 amide bonds. The van der Waals surface area contributed by atoms with E-state index >= 15 is 0 Å². The molecule has 4 N–H and O–H groups in total. The van der Waals surface area contributed by atoms with E-state index in [1.54, 1.807) is 0 Å². The lowest BCUT2D eigenvalue weighted by Crippen LogP contribution is -2.34. The molecular formula is C44H72NO9P. The Balaban J connectivity index is 4.42. The summed E-state index contributed by atoms with van der Waals surface area (Å²) in [6, 6.07) is -1.49. The van der Waals surface area contributed by atoms with Crippen LogP contribution in [0.2, 0.25) is 0 Å². The van der Waals surface area contributed by atoms with Gasteiger partial charge in [0.2, 0.25) is 0 Å². The summed E-state index contributed by atoms with van der Waals surface area (Å²) in [5.41, 5.74) is 5.34. The second kappa shape index (κ2) is 39.1. The molecule has 312 valence electrons. The number of ether oxygens (including phenoxy) is 2. The summed E-state index contributed by atoms with van der Waals surface area (Å²) in [5.74, 6) is -1.83. The van der Waals surface area contributed by atoms with Crippen LogP contribution in [-0.4, -0.2) is 60.5 Å². The first-order valence-corrected chi connectivity index (χ1v) is 21.8. The van der Waals surface area contributed by atoms with Gasteiger partial charge in [-0.05, 0) is 83.5 Å². The number of hydrogen-bond acceptors (Lipinski definition) is 8. The average molecular weight is 790 g/mol. The van der Waals surface area contributed by atoms with Gasteiger partial charge in [0.25, 0.3) is 0 Å². The Bertz CT molecular complexity index is 1240. The fourth-order valence-corrected chi connectivity index (χ4v) is 5.49. The molecule has 11 heteroatoms. The van der Waals surface area contributed by atoms with Gasteiger partial charge >= 0.3 is 19.8 Å². The van der Waals surface area contributed by atoms with E-state index in [0.717, 1.165) is 96.3 Å². The van der Waals surface area contributed by atoms with E-state index < -0.39 is 45.1 Å². The summed E-state index contributed by atoms with van der Waals surface area (Å²) in [6.07, 6.45) is 50.5. The zero-order chi connectivity index (χ0) is 40.5. The van der Waals surface area contributed by atoms with Gasteiger partial charge in [-0.15, -0.1) is 0 Å². The molecule has 0 aliphatic carbocycles. The molecule has 0 heterocycles. The highest BCUT2D eigenvalue weighted by Crippen LogP contribution is 2.43. The van der Waals surface area contributed by atoms with Crippen molar-refractivity contribution >= 4 is 19.8 Å². The van der Waals surface area contributed by atoms with Gasteiger partial charge in [0.1, 0.15) is 12.1 Å². The number of aliphatic carboxylic acids is 1. The lowest BCUT2D eigenvalue weighted by atomic mass is 10.1. The number of carboxylic acid groups (broad SMARTS) is 1. The Morgan fingerprint density at radius 3 is 1.58 bits per heavy atom. The van der Waals surface area contributed by atoms with Crippen molar-refractivity contribution in [1.29, 1.82) is 0 Å². The minimum atomic E-state index is -4.64. The van der Waals surface area contributed by atoms with Crippen molar-refractivity contribution in [3.8, 4) is 0 Å². The molecule has 0 rings (SSSR count). The number of carboxylic acids is 1. The van der Waals surface area contributed by atoms with Crippen molar-refractivity contribution in [3.63, 3.8) is 0 Å². The lowest BCUT2D eigenvalue weighted by Gasteiger charge is -2.20. The Labute approximate surface area is 332 Å². The van der Waals surface area contributed by atoms with Gasteiger partial charge in [-0.2, -0.15) is 0 Å². The van der Waals surface area contributed by atoms with Crippen molar-refractivity contribution in [2.24, 2.45) is 5.73 Å². The molecule has 3 unspecified atom stereocenters. The molecule has 55 heavy (non-hydrogen) atoms. The minimum Gasteiger partial charge on any atom is -0.480 e. The third kappa shape index (κ3) is 38.9. The molecule has 0 bridgehead atoms. The third-order valence-corrected chi connectivity index (χ3v) is 8.78. The number of rotatable bonds is 37. The van der Waals surface area contributed by atoms with E-state index in [4.69, 9.17) is 24.8 Å². The van der Waals surface area contributed by atoms with Crippen LogP contribution in [0, 0.1) is 0 Å². The summed E-state index contributed by atoms with van der Waals surface area (Å²) in [5, 5.41) is 8.88. The van der Waals surface area contributed by atoms with E-state index in [2.05, 4.69) is 116 Å². The standard InChI is InChI=1S/C44H72NO9P/c1-3-5-7-9-11-13-15-17-18-19-20-21-22-23-25-27-29-31-33-35-37-51-38-41(39-52-55(49,50)53-40-42(45)44(47)48)54-43(46)36-34-32-30-28-26-24-16-14-12-10-8-6-4-2/h5,7-8,10-11,13-14,16-18,20-21,23,25,29,31,41-42H,3-4,6,9,12,15,19,22,24,26-28,30,32-40,45H2,1-2H3,(H,47,48)(H,49,50)/b7-5-,10-8-,13-11-,16-14-,18-17-,21-20-,25-23-,31-29-. The van der Waals surface area contributed by atoms with Gasteiger partial charge in [0, 0.05) is 13.0 Å². The quantitative estimate of drug-likeness (QED) is 0.0240. The van der Waals surface area contributed by atoms with Crippen LogP contribution in [0.4, 0.5) is 0 Å². The summed E-state index contributed by atoms with van der Waals surface area (Å²) in [6.45, 7) is 3.49. The van der Waals surface area contributed by atoms with E-state index in [1.165, 1.54) is 6.42 Å². The van der Waals surface area contributed by atoms with Crippen molar-refractivity contribution in [2.75, 3.05) is 26.4 Å². The van der Waals surface area contributed by atoms with E-state index in [0.29, 0.717) is 13.0 Å². The first-order chi connectivity index (χ1) is 26.7. The molecule has 0 aliphatic heterocycles. The highest BCUT2D eigenvalue weighted by Gasteiger charge is 2.27. The molecule has 0 aromatic heterocycles. The topological polar surface area (TPSA) is 155 Å². The average Bonchev–Trinajstić information content (AvgIpc) is 3.16. The van der Waals surface area contributed by atoms with Crippen LogP contribution >= 0.6 is 7.82 Å². The molecule has 0 radical (unpaired) electrons. The molecule has 0 spiro atoms. The SMILES string of the molecule is CC/C=C\C/C=C\C/C=C\C/C=C\C/C=C\C/C=C\CCCOCC(COP(=O)(O)OCC(N)C(=O)O)OC(=O)CCCCCCC/C=C\C/C=C\CCC. The predicted octanol–water partition coefficient (Wildman–Crippen LogP) is 11.0. The molecule has 0 aromatic carbocycles. The normalized spacial score (nSPS) is 15.0. The molecule has 0 saturated heterocycles. The maximum absolute atomic E-state index is 12.6. The summed E-state index contributed by atoms with van der Waals surface area (Å²) < 4.78 is 33.2. The number of hydrogen-bond donors (Lipinski definition) is 3. The zero-order valence-electron chi connectivity index (χ0n) is 33.7. The van der Waals surface area contributed by atoms with Crippen molar-refractivity contribution < 1.29 is 42.7 Å². The smallest absolute Gasteiger partial charge is 0.472 e. The van der Waals surface area contributed by atoms with Crippen molar-refractivity contribution in [1.82, 2.24) is 0 Å². The van der Waals surface area contributed by atoms with E-state index in [9.17, 15) is 19.0 Å². The third-order valence-electron chi connectivity index (χ3n) is 7.83. The number of phosphoric ester groups is 1. The van der Waals surface area contributed by atoms with Gasteiger partial charge in [0.05, 0.1) is 19.8 Å². The maximum atomic E-state index is 12.6. The van der Waals surface area contributed by atoms with Crippen LogP contribution in [0.3, 0.4) is 0 Å². The second-order valence-corrected chi connectivity index (χ2v) is 14.5. The van der Waals surface area contributed by atoms with Crippen LogP contribution < -0.4 is 5.73 Å². The highest BCUT2D eigenvalue weighted by molar-refractivity contribution is 7.47. The Morgan fingerprint density at radius 2 is 1.05 bits per heavy atom. The van der Waals surface area contributed by atoms with Crippen LogP contribution in [0.25, 0.3) is 0 Å². The van der Waals surface area contributed by atoms with Crippen LogP contribution in [0.1, 0.15) is 129 Å².